The number of nitrogens with zero attached hydrogens (tertiary/aromatic N) is 4. The van der Waals surface area contributed by atoms with Crippen molar-refractivity contribution in [2.24, 2.45) is 0 Å². The van der Waals surface area contributed by atoms with Gasteiger partial charge >= 0.3 is 6.18 Å². The molecule has 2 aromatic heterocycles. The van der Waals surface area contributed by atoms with Crippen LogP contribution in [0.4, 0.5) is 27.8 Å². The molecular weight excluding hydrogens is 601 g/mol. The fraction of sp³-hybridized carbons (Fsp3) is 0.185. The van der Waals surface area contributed by atoms with Crippen molar-refractivity contribution in [3.8, 4) is 0 Å². The molecule has 4 aromatic rings. The van der Waals surface area contributed by atoms with Gasteiger partial charge in [0.25, 0.3) is 5.91 Å². The molecule has 0 aliphatic carbocycles. The van der Waals surface area contributed by atoms with Crippen LogP contribution in [0.15, 0.2) is 60.9 Å². The third-order valence-corrected chi connectivity index (χ3v) is 5.75. The normalized spacial score (nSPS) is 11.9. The van der Waals surface area contributed by atoms with Gasteiger partial charge in [0.2, 0.25) is 18.1 Å². The maximum atomic E-state index is 12.5. The maximum Gasteiger partial charge on any atom is 0.416 e. The molecule has 1 aliphatic heterocycles. The van der Waals surface area contributed by atoms with E-state index in [1.165, 1.54) is 48.1 Å². The van der Waals surface area contributed by atoms with E-state index in [9.17, 15) is 36.3 Å². The van der Waals surface area contributed by atoms with Crippen LogP contribution in [0.1, 0.15) is 33.0 Å². The first-order chi connectivity index (χ1) is 20.4. The van der Waals surface area contributed by atoms with Crippen LogP contribution >= 0.6 is 11.6 Å². The fourth-order valence-electron chi connectivity index (χ4n) is 3.58. The molecule has 0 fully saturated rings. The molecule has 0 spiro atoms. The number of fused-ring (bicyclic) bond motifs is 1. The van der Waals surface area contributed by atoms with Gasteiger partial charge in [-0.05, 0) is 66.6 Å². The van der Waals surface area contributed by atoms with Crippen molar-refractivity contribution >= 4 is 35.6 Å². The first-order valence-electron chi connectivity index (χ1n) is 12.2. The number of aryl methyl sites for hydroxylation is 1. The lowest BCUT2D eigenvalue weighted by atomic mass is 10.1. The van der Waals surface area contributed by atoms with Gasteiger partial charge in [0, 0.05) is 17.8 Å². The molecule has 0 bridgehead atoms. The molecule has 5 rings (SSSR count). The van der Waals surface area contributed by atoms with Crippen LogP contribution in [0.5, 0.6) is 0 Å². The Morgan fingerprint density at radius 3 is 2.40 bits per heavy atom. The second-order valence-electron chi connectivity index (χ2n) is 8.74. The Balaban J connectivity index is 0.000000210. The zero-order valence-corrected chi connectivity index (χ0v) is 23.0. The SMILES string of the molecule is Cc1cc(F)cc(C(F)(F)F)c1.Fc1ccc(Cl)cc1.O=CNc1nc(C(=O)NCc2ccnnc2)n2c1CNC(=O)C2. The lowest BCUT2D eigenvalue weighted by molar-refractivity contribution is -0.137. The molecule has 226 valence electrons. The molecule has 0 radical (unpaired) electrons. The Kier molecular flexibility index (Phi) is 11.2. The van der Waals surface area contributed by atoms with E-state index in [0.717, 1.165) is 17.7 Å². The molecule has 10 nitrogen and oxygen atoms in total. The highest BCUT2D eigenvalue weighted by Gasteiger charge is 2.31. The molecule has 0 unspecified atom stereocenters. The van der Waals surface area contributed by atoms with Crippen LogP contribution in [0.3, 0.4) is 0 Å². The van der Waals surface area contributed by atoms with Crippen molar-refractivity contribution in [1.29, 1.82) is 0 Å². The van der Waals surface area contributed by atoms with Gasteiger partial charge in [-0.25, -0.2) is 13.8 Å². The summed E-state index contributed by atoms with van der Waals surface area (Å²) < 4.78 is 61.9. The van der Waals surface area contributed by atoms with Gasteiger partial charge in [0.15, 0.2) is 5.82 Å². The number of benzene rings is 2. The summed E-state index contributed by atoms with van der Waals surface area (Å²) in [6.07, 6.45) is -0.930. The third-order valence-electron chi connectivity index (χ3n) is 5.50. The van der Waals surface area contributed by atoms with Crippen LogP contribution in [-0.4, -0.2) is 38.0 Å². The number of amides is 3. The number of imidazole rings is 1. The van der Waals surface area contributed by atoms with E-state index in [1.807, 2.05) is 0 Å². The largest absolute Gasteiger partial charge is 0.416 e. The fourth-order valence-corrected chi connectivity index (χ4v) is 3.70. The highest BCUT2D eigenvalue weighted by Crippen LogP contribution is 2.30. The van der Waals surface area contributed by atoms with Gasteiger partial charge < -0.3 is 20.5 Å². The predicted octanol–water partition coefficient (Wildman–Crippen LogP) is 4.43. The minimum absolute atomic E-state index is 0.0254. The molecule has 0 atom stereocenters. The average Bonchev–Trinajstić information content (AvgIpc) is 3.31. The van der Waals surface area contributed by atoms with Gasteiger partial charge in [-0.15, -0.1) is 0 Å². The summed E-state index contributed by atoms with van der Waals surface area (Å²) in [5.41, 5.74) is 0.678. The monoisotopic (exact) mass is 623 g/mol. The summed E-state index contributed by atoms with van der Waals surface area (Å²) >= 11 is 5.44. The quantitative estimate of drug-likeness (QED) is 0.223. The van der Waals surface area contributed by atoms with E-state index >= 15 is 0 Å². The summed E-state index contributed by atoms with van der Waals surface area (Å²) in [6, 6.07) is 9.82. The Bertz CT molecular complexity index is 1520. The Hall–Kier alpha value is -4.92. The number of halogens is 6. The van der Waals surface area contributed by atoms with Crippen molar-refractivity contribution in [2.75, 3.05) is 5.32 Å². The van der Waals surface area contributed by atoms with Crippen molar-refractivity contribution in [3.05, 3.63) is 106 Å². The molecule has 2 aromatic carbocycles. The van der Waals surface area contributed by atoms with Crippen LogP contribution in [0.25, 0.3) is 0 Å². The zero-order chi connectivity index (χ0) is 31.6. The highest BCUT2D eigenvalue weighted by molar-refractivity contribution is 6.30. The molecule has 3 amide bonds. The Labute approximate surface area is 246 Å². The number of hydrogen-bond acceptors (Lipinski definition) is 6. The summed E-state index contributed by atoms with van der Waals surface area (Å²) in [5, 5.41) is 15.7. The van der Waals surface area contributed by atoms with Crippen LogP contribution in [-0.2, 0) is 35.4 Å². The number of aromatic nitrogens is 4. The van der Waals surface area contributed by atoms with Crippen molar-refractivity contribution < 1.29 is 36.3 Å². The van der Waals surface area contributed by atoms with E-state index < -0.39 is 23.5 Å². The van der Waals surface area contributed by atoms with Crippen LogP contribution in [0.2, 0.25) is 5.02 Å². The Morgan fingerprint density at radius 1 is 1.09 bits per heavy atom. The lowest BCUT2D eigenvalue weighted by Gasteiger charge is -2.17. The number of alkyl halides is 3. The highest BCUT2D eigenvalue weighted by atomic mass is 35.5. The van der Waals surface area contributed by atoms with Crippen molar-refractivity contribution in [2.45, 2.75) is 32.7 Å². The summed E-state index contributed by atoms with van der Waals surface area (Å²) in [7, 11) is 0. The van der Waals surface area contributed by atoms with Crippen LogP contribution in [0, 0.1) is 18.6 Å². The molecular formula is C27H23ClF5N7O3. The van der Waals surface area contributed by atoms with Gasteiger partial charge in [-0.2, -0.15) is 23.4 Å². The summed E-state index contributed by atoms with van der Waals surface area (Å²) in [4.78, 5) is 38.7. The number of nitrogens with one attached hydrogen (secondary N) is 3. The van der Waals surface area contributed by atoms with E-state index in [-0.39, 0.29) is 48.6 Å². The van der Waals surface area contributed by atoms with E-state index in [2.05, 4.69) is 31.1 Å². The van der Waals surface area contributed by atoms with Gasteiger partial charge in [0.05, 0.1) is 24.0 Å². The predicted molar refractivity (Wildman–Crippen MR) is 145 cm³/mol. The number of anilines is 1. The molecule has 1 aliphatic rings. The third kappa shape index (κ3) is 9.85. The molecule has 3 heterocycles. The van der Waals surface area contributed by atoms with Crippen LogP contribution < -0.4 is 16.0 Å². The first-order valence-corrected chi connectivity index (χ1v) is 12.6. The van der Waals surface area contributed by atoms with Gasteiger partial charge in [-0.1, -0.05) is 11.6 Å². The smallest absolute Gasteiger partial charge is 0.349 e. The Morgan fingerprint density at radius 2 is 1.81 bits per heavy atom. The van der Waals surface area contributed by atoms with Crippen molar-refractivity contribution in [3.63, 3.8) is 0 Å². The second-order valence-corrected chi connectivity index (χ2v) is 9.18. The minimum Gasteiger partial charge on any atom is -0.349 e. The van der Waals surface area contributed by atoms with E-state index in [0.29, 0.717) is 23.2 Å². The number of hydrogen-bond donors (Lipinski definition) is 3. The topological polar surface area (TPSA) is 131 Å². The molecule has 0 saturated carbocycles. The summed E-state index contributed by atoms with van der Waals surface area (Å²) in [6.45, 7) is 1.84. The number of rotatable bonds is 5. The minimum atomic E-state index is -4.47. The second kappa shape index (κ2) is 14.8. The molecule has 16 heteroatoms. The number of carbonyl (C=O) groups excluding carboxylic acids is 3. The summed E-state index contributed by atoms with van der Waals surface area (Å²) in [5.74, 6) is -1.45. The first kappa shape index (κ1) is 32.6. The van der Waals surface area contributed by atoms with E-state index in [1.54, 1.807) is 6.07 Å². The van der Waals surface area contributed by atoms with Crippen molar-refractivity contribution in [1.82, 2.24) is 30.4 Å². The standard InChI is InChI=1S/C13H13N7O3.C8H6F4.C6H4ClF/c21-7-16-11-9-5-14-10(22)6-20(9)12(19-11)13(23)15-3-8-1-2-17-18-4-8;1-5-2-6(8(10,11)12)4-7(9)3-5;7-5-1-3-6(8)4-2-5/h1-2,4,7H,3,5-6H2,(H,14,22)(H,15,23)(H,16,21);2-4H,1H3;1-4H. The van der Waals surface area contributed by atoms with Gasteiger partial charge in [0.1, 0.15) is 18.2 Å². The van der Waals surface area contributed by atoms with E-state index in [4.69, 9.17) is 11.6 Å². The lowest BCUT2D eigenvalue weighted by Crippen LogP contribution is -2.36. The average molecular weight is 624 g/mol. The van der Waals surface area contributed by atoms with Gasteiger partial charge in [-0.3, -0.25) is 14.4 Å². The molecule has 43 heavy (non-hydrogen) atoms. The molecule has 0 saturated heterocycles. The maximum absolute atomic E-state index is 12.5. The molecule has 3 N–H and O–H groups in total. The number of carbonyl (C=O) groups is 3. The zero-order valence-electron chi connectivity index (χ0n) is 22.3.